The molecule has 0 radical (unpaired) electrons. The Bertz CT molecular complexity index is 453. The van der Waals surface area contributed by atoms with Crippen molar-refractivity contribution >= 4 is 11.8 Å². The molecule has 0 heterocycles. The fourth-order valence-corrected chi connectivity index (χ4v) is 4.51. The predicted molar refractivity (Wildman–Crippen MR) is 134 cm³/mol. The monoisotopic (exact) mass is 438 g/mol. The van der Waals surface area contributed by atoms with E-state index in [9.17, 15) is 9.59 Å². The SMILES string of the molecule is CCCCCCCCCCCCCCC(CCCC)(C(=O)NC)C(=O)N(C)CCCC. The van der Waals surface area contributed by atoms with Crippen molar-refractivity contribution in [3.63, 3.8) is 0 Å². The standard InChI is InChI=1S/C27H54N2O2/c1-6-9-12-13-14-15-16-17-18-19-20-21-23-27(22-10-7-2,25(30)28-4)26(31)29(5)24-11-8-3/h6-24H2,1-5H3,(H,28,30). The van der Waals surface area contributed by atoms with E-state index in [4.69, 9.17) is 0 Å². The molecule has 0 bridgehead atoms. The van der Waals surface area contributed by atoms with Gasteiger partial charge in [-0.2, -0.15) is 0 Å². The molecule has 0 saturated heterocycles. The third-order valence-electron chi connectivity index (χ3n) is 6.68. The van der Waals surface area contributed by atoms with Crippen LogP contribution in [0, 0.1) is 5.41 Å². The molecular weight excluding hydrogens is 384 g/mol. The number of nitrogens with zero attached hydrogens (tertiary/aromatic N) is 1. The van der Waals surface area contributed by atoms with E-state index in [0.29, 0.717) is 12.8 Å². The molecule has 2 amide bonds. The fourth-order valence-electron chi connectivity index (χ4n) is 4.51. The Morgan fingerprint density at radius 1 is 0.645 bits per heavy atom. The van der Waals surface area contributed by atoms with Crippen LogP contribution in [0.15, 0.2) is 0 Å². The van der Waals surface area contributed by atoms with Crippen molar-refractivity contribution in [1.29, 1.82) is 0 Å². The molecule has 31 heavy (non-hydrogen) atoms. The number of carbonyl (C=O) groups excluding carboxylic acids is 2. The van der Waals surface area contributed by atoms with Crippen molar-refractivity contribution in [2.75, 3.05) is 20.6 Å². The van der Waals surface area contributed by atoms with Crippen molar-refractivity contribution in [3.8, 4) is 0 Å². The zero-order valence-corrected chi connectivity index (χ0v) is 21.7. The Balaban J connectivity index is 4.51. The van der Waals surface area contributed by atoms with Gasteiger partial charge in [0.1, 0.15) is 5.41 Å². The molecule has 0 fully saturated rings. The van der Waals surface area contributed by atoms with Gasteiger partial charge in [0.2, 0.25) is 11.8 Å². The average Bonchev–Trinajstić information content (AvgIpc) is 2.79. The Labute approximate surface area is 194 Å². The highest BCUT2D eigenvalue weighted by Crippen LogP contribution is 2.34. The lowest BCUT2D eigenvalue weighted by molar-refractivity contribution is -0.151. The molecule has 0 spiro atoms. The van der Waals surface area contributed by atoms with E-state index in [2.05, 4.69) is 26.1 Å². The summed E-state index contributed by atoms with van der Waals surface area (Å²) in [5.74, 6) is -0.0609. The number of amides is 2. The Hall–Kier alpha value is -1.06. The van der Waals surface area contributed by atoms with E-state index < -0.39 is 5.41 Å². The summed E-state index contributed by atoms with van der Waals surface area (Å²) >= 11 is 0. The fraction of sp³-hybridized carbons (Fsp3) is 0.926. The second-order valence-electron chi connectivity index (χ2n) is 9.48. The molecule has 0 aromatic heterocycles. The van der Waals surface area contributed by atoms with Gasteiger partial charge in [-0.25, -0.2) is 0 Å². The van der Waals surface area contributed by atoms with Gasteiger partial charge in [0.15, 0.2) is 0 Å². The second-order valence-corrected chi connectivity index (χ2v) is 9.48. The zero-order chi connectivity index (χ0) is 23.4. The molecule has 184 valence electrons. The highest BCUT2D eigenvalue weighted by atomic mass is 16.2. The van der Waals surface area contributed by atoms with E-state index in [-0.39, 0.29) is 11.8 Å². The van der Waals surface area contributed by atoms with Crippen molar-refractivity contribution < 1.29 is 9.59 Å². The molecule has 1 atom stereocenters. The summed E-state index contributed by atoms with van der Waals surface area (Å²) in [6, 6.07) is 0. The maximum Gasteiger partial charge on any atom is 0.238 e. The Morgan fingerprint density at radius 2 is 1.06 bits per heavy atom. The molecule has 0 aliphatic rings. The highest BCUT2D eigenvalue weighted by Gasteiger charge is 2.45. The topological polar surface area (TPSA) is 49.4 Å². The summed E-state index contributed by atoms with van der Waals surface area (Å²) in [5.41, 5.74) is -0.883. The molecule has 1 unspecified atom stereocenters. The number of unbranched alkanes of at least 4 members (excludes halogenated alkanes) is 13. The number of hydrogen-bond acceptors (Lipinski definition) is 2. The summed E-state index contributed by atoms with van der Waals surface area (Å²) in [4.78, 5) is 28.1. The van der Waals surface area contributed by atoms with Crippen molar-refractivity contribution in [2.24, 2.45) is 5.41 Å². The van der Waals surface area contributed by atoms with Crippen LogP contribution in [0.4, 0.5) is 0 Å². The maximum absolute atomic E-state index is 13.4. The van der Waals surface area contributed by atoms with Gasteiger partial charge in [0, 0.05) is 20.6 Å². The van der Waals surface area contributed by atoms with Gasteiger partial charge in [0.25, 0.3) is 0 Å². The molecule has 0 rings (SSSR count). The van der Waals surface area contributed by atoms with Crippen LogP contribution >= 0.6 is 0 Å². The van der Waals surface area contributed by atoms with Crippen LogP contribution in [-0.4, -0.2) is 37.4 Å². The highest BCUT2D eigenvalue weighted by molar-refractivity contribution is 6.04. The van der Waals surface area contributed by atoms with E-state index >= 15 is 0 Å². The summed E-state index contributed by atoms with van der Waals surface area (Å²) in [5, 5.41) is 2.81. The maximum atomic E-state index is 13.4. The van der Waals surface area contributed by atoms with Crippen LogP contribution in [-0.2, 0) is 9.59 Å². The third kappa shape index (κ3) is 12.5. The minimum atomic E-state index is -0.883. The summed E-state index contributed by atoms with van der Waals surface area (Å²) in [6.45, 7) is 7.26. The molecule has 0 aliphatic carbocycles. The van der Waals surface area contributed by atoms with Gasteiger partial charge in [-0.15, -0.1) is 0 Å². The number of carbonyl (C=O) groups is 2. The quantitative estimate of drug-likeness (QED) is 0.151. The molecule has 1 N–H and O–H groups in total. The van der Waals surface area contributed by atoms with E-state index in [1.165, 1.54) is 64.2 Å². The normalized spacial score (nSPS) is 13.1. The zero-order valence-electron chi connectivity index (χ0n) is 21.7. The van der Waals surface area contributed by atoms with E-state index in [1.807, 2.05) is 7.05 Å². The van der Waals surface area contributed by atoms with Gasteiger partial charge in [0.05, 0.1) is 0 Å². The van der Waals surface area contributed by atoms with Gasteiger partial charge in [-0.1, -0.05) is 117 Å². The van der Waals surface area contributed by atoms with Crippen molar-refractivity contribution in [1.82, 2.24) is 10.2 Å². The lowest BCUT2D eigenvalue weighted by Crippen LogP contribution is -2.51. The molecule has 0 saturated carbocycles. The summed E-state index contributed by atoms with van der Waals surface area (Å²) in [7, 11) is 3.54. The second kappa shape index (κ2) is 19.6. The number of nitrogens with one attached hydrogen (secondary N) is 1. The lowest BCUT2D eigenvalue weighted by atomic mass is 9.75. The smallest absolute Gasteiger partial charge is 0.238 e. The minimum absolute atomic E-state index is 0.0248. The first-order valence-electron chi connectivity index (χ1n) is 13.5. The van der Waals surface area contributed by atoms with Crippen LogP contribution in [0.3, 0.4) is 0 Å². The molecular formula is C27H54N2O2. The number of rotatable bonds is 21. The molecule has 4 nitrogen and oxygen atoms in total. The Kier molecular flexibility index (Phi) is 18.9. The molecule has 4 heteroatoms. The summed E-state index contributed by atoms with van der Waals surface area (Å²) in [6.07, 6.45) is 20.8. The van der Waals surface area contributed by atoms with Crippen LogP contribution in [0.1, 0.15) is 136 Å². The van der Waals surface area contributed by atoms with Gasteiger partial charge in [-0.3, -0.25) is 9.59 Å². The Morgan fingerprint density at radius 3 is 1.52 bits per heavy atom. The van der Waals surface area contributed by atoms with E-state index in [1.54, 1.807) is 11.9 Å². The minimum Gasteiger partial charge on any atom is -0.358 e. The largest absolute Gasteiger partial charge is 0.358 e. The van der Waals surface area contributed by atoms with Gasteiger partial charge >= 0.3 is 0 Å². The predicted octanol–water partition coefficient (Wildman–Crippen LogP) is 7.26. The molecule has 0 aromatic carbocycles. The first kappa shape index (κ1) is 29.9. The summed E-state index contributed by atoms with van der Waals surface area (Å²) < 4.78 is 0. The van der Waals surface area contributed by atoms with Crippen LogP contribution in [0.25, 0.3) is 0 Å². The van der Waals surface area contributed by atoms with Crippen molar-refractivity contribution in [3.05, 3.63) is 0 Å². The first-order valence-corrected chi connectivity index (χ1v) is 13.5. The van der Waals surface area contributed by atoms with Crippen LogP contribution in [0.2, 0.25) is 0 Å². The van der Waals surface area contributed by atoms with Crippen LogP contribution < -0.4 is 5.32 Å². The molecule has 0 aromatic rings. The van der Waals surface area contributed by atoms with Crippen LogP contribution in [0.5, 0.6) is 0 Å². The molecule has 0 aliphatic heterocycles. The first-order chi connectivity index (χ1) is 15.0. The van der Waals surface area contributed by atoms with E-state index in [0.717, 1.165) is 45.1 Å². The van der Waals surface area contributed by atoms with Gasteiger partial charge < -0.3 is 10.2 Å². The average molecular weight is 439 g/mol. The van der Waals surface area contributed by atoms with Gasteiger partial charge in [-0.05, 0) is 19.3 Å². The van der Waals surface area contributed by atoms with Crippen molar-refractivity contribution in [2.45, 2.75) is 136 Å². The number of hydrogen-bond donors (Lipinski definition) is 1. The third-order valence-corrected chi connectivity index (χ3v) is 6.68. The lowest BCUT2D eigenvalue weighted by Gasteiger charge is -2.34.